The number of aromatic amines is 1. The summed E-state index contributed by atoms with van der Waals surface area (Å²) < 4.78 is 49.8. The topological polar surface area (TPSA) is 121 Å². The second kappa shape index (κ2) is 9.97. The largest absolute Gasteiger partial charge is 0.492 e. The van der Waals surface area contributed by atoms with E-state index < -0.39 is 34.4 Å². The van der Waals surface area contributed by atoms with E-state index in [1.54, 1.807) is 12.3 Å². The smallest absolute Gasteiger partial charge is 0.251 e. The van der Waals surface area contributed by atoms with Gasteiger partial charge in [0.05, 0.1) is 13.2 Å². The van der Waals surface area contributed by atoms with Crippen LogP contribution in [0.15, 0.2) is 65.7 Å². The maximum absolute atomic E-state index is 14.4. The molecule has 0 aliphatic carbocycles. The maximum atomic E-state index is 14.4. The average molecular weight is 524 g/mol. The van der Waals surface area contributed by atoms with Crippen LogP contribution in [0.25, 0.3) is 22.0 Å². The van der Waals surface area contributed by atoms with Crippen molar-refractivity contribution in [1.82, 2.24) is 15.0 Å². The molecule has 0 fully saturated rings. The number of hydrogen-bond acceptors (Lipinski definition) is 5. The van der Waals surface area contributed by atoms with E-state index in [-0.39, 0.29) is 22.6 Å². The first-order valence-corrected chi connectivity index (χ1v) is 13.3. The van der Waals surface area contributed by atoms with E-state index in [2.05, 4.69) is 15.0 Å². The number of halogens is 1. The number of H-pyrrole nitrogens is 1. The van der Waals surface area contributed by atoms with Gasteiger partial charge in [-0.3, -0.25) is 4.79 Å². The maximum Gasteiger partial charge on any atom is 0.251 e. The highest BCUT2D eigenvalue weighted by atomic mass is 32.2. The van der Waals surface area contributed by atoms with Crippen molar-refractivity contribution in [2.24, 2.45) is 0 Å². The van der Waals surface area contributed by atoms with E-state index in [0.717, 1.165) is 22.5 Å². The molecule has 0 bridgehead atoms. The molecule has 0 spiro atoms. The number of nitrogens with one attached hydrogen (secondary N) is 3. The predicted octanol–water partition coefficient (Wildman–Crippen LogP) is 3.15. The van der Waals surface area contributed by atoms with E-state index in [0.29, 0.717) is 29.7 Å². The van der Waals surface area contributed by atoms with Crippen molar-refractivity contribution >= 4 is 26.8 Å². The number of para-hydroxylation sites is 1. The molecule has 1 atom stereocenters. The van der Waals surface area contributed by atoms with Gasteiger partial charge in [-0.1, -0.05) is 18.2 Å². The Bertz CT molecular complexity index is 1600. The monoisotopic (exact) mass is 523 g/mol. The summed E-state index contributed by atoms with van der Waals surface area (Å²) in [7, 11) is -2.70. The first-order chi connectivity index (χ1) is 17.8. The Hall–Kier alpha value is -3.73. The van der Waals surface area contributed by atoms with Gasteiger partial charge in [-0.2, -0.15) is 0 Å². The van der Waals surface area contributed by atoms with Gasteiger partial charge < -0.3 is 20.1 Å². The minimum absolute atomic E-state index is 0.0966. The van der Waals surface area contributed by atoms with Gasteiger partial charge in [-0.25, -0.2) is 17.5 Å². The van der Waals surface area contributed by atoms with Crippen LogP contribution in [-0.4, -0.2) is 50.7 Å². The van der Waals surface area contributed by atoms with Crippen molar-refractivity contribution in [3.8, 4) is 16.9 Å². The molecule has 1 amide bonds. The van der Waals surface area contributed by atoms with Crippen LogP contribution >= 0.6 is 0 Å². The lowest BCUT2D eigenvalue weighted by atomic mass is 9.99. The van der Waals surface area contributed by atoms with E-state index in [1.165, 1.54) is 25.2 Å². The van der Waals surface area contributed by atoms with Crippen molar-refractivity contribution in [2.45, 2.75) is 23.8 Å². The van der Waals surface area contributed by atoms with E-state index in [1.807, 2.05) is 24.3 Å². The number of hydrogen-bond donors (Lipinski definition) is 4. The molecule has 5 rings (SSSR count). The second-order valence-corrected chi connectivity index (χ2v) is 10.6. The SMILES string of the molecule is CNC(=O)c1cc(F)cc(-c2cc3c(c(S(=O)(=O)N[C@@H](CO)Cc4c[nH]c5ccccc45)c2)OCC3)c1. The highest BCUT2D eigenvalue weighted by Crippen LogP contribution is 2.38. The summed E-state index contributed by atoms with van der Waals surface area (Å²) in [6.07, 6.45) is 2.56. The fourth-order valence-electron chi connectivity index (χ4n) is 4.66. The molecule has 1 aromatic heterocycles. The number of rotatable bonds is 8. The number of aliphatic hydroxyl groups excluding tert-OH is 1. The molecule has 0 saturated carbocycles. The Kier molecular flexibility index (Phi) is 6.72. The Morgan fingerprint density at radius 1 is 1.16 bits per heavy atom. The summed E-state index contributed by atoms with van der Waals surface area (Å²) in [5.74, 6) is -0.833. The summed E-state index contributed by atoms with van der Waals surface area (Å²) in [5, 5.41) is 13.4. The standard InChI is InChI=1S/C27H26FN3O5S/c1-29-27(33)19-9-17(10-21(28)11-19)18-8-16-6-7-36-26(16)25(13-18)37(34,35)31-22(15-32)12-20-14-30-24-5-3-2-4-23(20)24/h2-5,8-11,13-14,22,30-32H,6-7,12,15H2,1H3,(H,29,33)/t22-/m1/s1. The van der Waals surface area contributed by atoms with Gasteiger partial charge in [0.15, 0.2) is 0 Å². The normalized spacial score (nSPS) is 13.8. The molecule has 10 heteroatoms. The molecule has 2 heterocycles. The van der Waals surface area contributed by atoms with Crippen molar-refractivity contribution in [3.05, 3.63) is 83.3 Å². The Morgan fingerprint density at radius 3 is 2.73 bits per heavy atom. The molecule has 0 unspecified atom stereocenters. The molecule has 3 aromatic carbocycles. The molecule has 4 aromatic rings. The zero-order valence-electron chi connectivity index (χ0n) is 20.0. The number of carbonyl (C=O) groups is 1. The van der Waals surface area contributed by atoms with Crippen LogP contribution in [0.2, 0.25) is 0 Å². The minimum Gasteiger partial charge on any atom is -0.492 e. The number of sulfonamides is 1. The van der Waals surface area contributed by atoms with Crippen LogP contribution < -0.4 is 14.8 Å². The fraction of sp³-hybridized carbons (Fsp3) is 0.222. The van der Waals surface area contributed by atoms with Crippen molar-refractivity contribution in [1.29, 1.82) is 0 Å². The van der Waals surface area contributed by atoms with E-state index in [9.17, 15) is 22.7 Å². The Balaban J connectivity index is 1.50. The van der Waals surface area contributed by atoms with Gasteiger partial charge in [0.25, 0.3) is 5.91 Å². The van der Waals surface area contributed by atoms with Gasteiger partial charge in [0, 0.05) is 42.2 Å². The quantitative estimate of drug-likeness (QED) is 0.283. The van der Waals surface area contributed by atoms with Gasteiger partial charge in [0.2, 0.25) is 10.0 Å². The number of aromatic nitrogens is 1. The highest BCUT2D eigenvalue weighted by molar-refractivity contribution is 7.89. The van der Waals surface area contributed by atoms with Crippen LogP contribution in [0.3, 0.4) is 0 Å². The molecular formula is C27H26FN3O5S. The average Bonchev–Trinajstić information content (AvgIpc) is 3.53. The first kappa shape index (κ1) is 24.9. The Labute approximate surface area is 213 Å². The lowest BCUT2D eigenvalue weighted by molar-refractivity contribution is 0.0962. The summed E-state index contributed by atoms with van der Waals surface area (Å²) in [5.41, 5.74) is 3.38. The van der Waals surface area contributed by atoms with Crippen molar-refractivity contribution in [2.75, 3.05) is 20.3 Å². The third-order valence-electron chi connectivity index (χ3n) is 6.44. The van der Waals surface area contributed by atoms with Crippen molar-refractivity contribution in [3.63, 3.8) is 0 Å². The van der Waals surface area contributed by atoms with E-state index in [4.69, 9.17) is 4.74 Å². The summed E-state index contributed by atoms with van der Waals surface area (Å²) >= 11 is 0. The number of carbonyl (C=O) groups excluding carboxylic acids is 1. The molecule has 192 valence electrons. The Morgan fingerprint density at radius 2 is 1.95 bits per heavy atom. The molecule has 4 N–H and O–H groups in total. The number of ether oxygens (including phenoxy) is 1. The van der Waals surface area contributed by atoms with Gasteiger partial charge >= 0.3 is 0 Å². The fourth-order valence-corrected chi connectivity index (χ4v) is 6.10. The van der Waals surface area contributed by atoms with Crippen LogP contribution in [0, 0.1) is 5.82 Å². The number of aliphatic hydroxyl groups is 1. The zero-order valence-corrected chi connectivity index (χ0v) is 20.9. The number of fused-ring (bicyclic) bond motifs is 2. The predicted molar refractivity (Wildman–Crippen MR) is 138 cm³/mol. The third-order valence-corrected chi connectivity index (χ3v) is 7.97. The van der Waals surface area contributed by atoms with Crippen LogP contribution in [-0.2, 0) is 22.9 Å². The van der Waals surface area contributed by atoms with Crippen LogP contribution in [0.5, 0.6) is 5.75 Å². The second-order valence-electron chi connectivity index (χ2n) is 8.93. The van der Waals surface area contributed by atoms with Gasteiger partial charge in [-0.05, 0) is 65.1 Å². The van der Waals surface area contributed by atoms with E-state index >= 15 is 0 Å². The third kappa shape index (κ3) is 4.95. The van der Waals surface area contributed by atoms with Crippen LogP contribution in [0.4, 0.5) is 4.39 Å². The van der Waals surface area contributed by atoms with Gasteiger partial charge in [-0.15, -0.1) is 0 Å². The van der Waals surface area contributed by atoms with Crippen LogP contribution in [0.1, 0.15) is 21.5 Å². The summed E-state index contributed by atoms with van der Waals surface area (Å²) in [4.78, 5) is 15.2. The molecular weight excluding hydrogens is 497 g/mol. The first-order valence-electron chi connectivity index (χ1n) is 11.8. The molecule has 1 aliphatic rings. The molecule has 37 heavy (non-hydrogen) atoms. The lowest BCUT2D eigenvalue weighted by Crippen LogP contribution is -2.39. The number of amides is 1. The summed E-state index contributed by atoms with van der Waals surface area (Å²) in [6, 6.07) is 13.9. The zero-order chi connectivity index (χ0) is 26.2. The minimum atomic E-state index is -4.14. The summed E-state index contributed by atoms with van der Waals surface area (Å²) in [6.45, 7) is -0.104. The van der Waals surface area contributed by atoms with Gasteiger partial charge in [0.1, 0.15) is 16.5 Å². The molecule has 0 saturated heterocycles. The molecule has 8 nitrogen and oxygen atoms in total. The number of benzene rings is 3. The lowest BCUT2D eigenvalue weighted by Gasteiger charge is -2.18. The molecule has 1 aliphatic heterocycles. The van der Waals surface area contributed by atoms with Crippen molar-refractivity contribution < 1.29 is 27.4 Å². The molecule has 0 radical (unpaired) electrons. The highest BCUT2D eigenvalue weighted by Gasteiger charge is 2.29.